The molecule has 0 rings (SSSR count). The van der Waals surface area contributed by atoms with Gasteiger partial charge in [0.2, 0.25) is 0 Å². The number of carbonyl (C=O) groups is 6. The first-order valence-corrected chi connectivity index (χ1v) is 16.7. The number of rotatable bonds is 9. The summed E-state index contributed by atoms with van der Waals surface area (Å²) in [5.41, 5.74) is 29.4. The standard InChI is InChI=1S/6C4H9NO2.3C2H8N2/c6*1-3(2)5-4(6)7;3*3-1-2-4/h6*3,5H,1-2H3,(H,6,7);3*1-4H2. The van der Waals surface area contributed by atoms with Crippen molar-refractivity contribution in [2.75, 3.05) is 39.3 Å². The zero-order chi connectivity index (χ0) is 45.4. The lowest BCUT2D eigenvalue weighted by molar-refractivity contribution is 0.190. The van der Waals surface area contributed by atoms with Crippen molar-refractivity contribution in [3.63, 3.8) is 0 Å². The molecule has 0 aromatic carbocycles. The Balaban J connectivity index is -0.0000000608. The van der Waals surface area contributed by atoms with Gasteiger partial charge in [-0.1, -0.05) is 0 Å². The lowest BCUT2D eigenvalue weighted by atomic mass is 10.4. The van der Waals surface area contributed by atoms with Crippen molar-refractivity contribution in [3.8, 4) is 0 Å². The molecular weight excluding hydrogens is 720 g/mol. The van der Waals surface area contributed by atoms with Gasteiger partial charge in [-0.15, -0.1) is 0 Å². The van der Waals surface area contributed by atoms with Crippen molar-refractivity contribution in [1.29, 1.82) is 0 Å². The molecule has 0 aromatic heterocycles. The second-order valence-electron chi connectivity index (χ2n) is 11.4. The molecule has 0 fully saturated rings. The summed E-state index contributed by atoms with van der Waals surface area (Å²) in [6.07, 6.45) is -5.78. The van der Waals surface area contributed by atoms with Crippen molar-refractivity contribution < 1.29 is 59.4 Å². The molecule has 0 aliphatic heterocycles. The molecule has 6 amide bonds. The van der Waals surface area contributed by atoms with E-state index in [1.807, 2.05) is 0 Å². The molecule has 24 nitrogen and oxygen atoms in total. The van der Waals surface area contributed by atoms with Gasteiger partial charge in [-0.3, -0.25) is 0 Å². The van der Waals surface area contributed by atoms with Crippen LogP contribution in [0.3, 0.4) is 0 Å². The number of carboxylic acid groups (broad SMARTS) is 6. The van der Waals surface area contributed by atoms with Crippen molar-refractivity contribution in [3.05, 3.63) is 0 Å². The highest BCUT2D eigenvalue weighted by atomic mass is 16.4. The van der Waals surface area contributed by atoms with Gasteiger partial charge in [-0.2, -0.15) is 0 Å². The Bertz CT molecular complexity index is 669. The van der Waals surface area contributed by atoms with E-state index in [9.17, 15) is 28.8 Å². The van der Waals surface area contributed by atoms with Gasteiger partial charge in [-0.25, -0.2) is 28.8 Å². The number of hydrogen-bond acceptors (Lipinski definition) is 12. The monoisotopic (exact) mass is 799 g/mol. The van der Waals surface area contributed by atoms with Crippen LogP contribution in [0, 0.1) is 0 Å². The van der Waals surface area contributed by atoms with Gasteiger partial charge in [-0.05, 0) is 83.1 Å². The Morgan fingerprint density at radius 3 is 0.370 bits per heavy atom. The minimum absolute atomic E-state index is 0.0255. The predicted octanol–water partition coefficient (Wildman–Crippen LogP) is 0.686. The molecule has 54 heavy (non-hydrogen) atoms. The number of nitrogens with one attached hydrogen (secondary N) is 6. The third-order valence-corrected chi connectivity index (χ3v) is 2.97. The van der Waals surface area contributed by atoms with E-state index in [4.69, 9.17) is 65.0 Å². The molecule has 0 radical (unpaired) electrons. The molecule has 0 bridgehead atoms. The topological polar surface area (TPSA) is 452 Å². The molecule has 0 unspecified atom stereocenters. The maximum Gasteiger partial charge on any atom is 0.404 e. The first-order valence-electron chi connectivity index (χ1n) is 16.7. The SMILES string of the molecule is CC(C)NC(=O)O.CC(C)NC(=O)O.CC(C)NC(=O)O.CC(C)NC(=O)O.CC(C)NC(=O)O.CC(C)NC(=O)O.NCCN.NCCN.NCCN. The molecule has 0 saturated carbocycles. The van der Waals surface area contributed by atoms with Crippen LogP contribution in [-0.2, 0) is 0 Å². The van der Waals surface area contributed by atoms with Crippen LogP contribution in [0.2, 0.25) is 0 Å². The highest BCUT2D eigenvalue weighted by Gasteiger charge is 1.97. The Labute approximate surface area is 320 Å². The predicted molar refractivity (Wildman–Crippen MR) is 212 cm³/mol. The fourth-order valence-corrected chi connectivity index (χ4v) is 1.48. The largest absolute Gasteiger partial charge is 0.465 e. The van der Waals surface area contributed by atoms with E-state index >= 15 is 0 Å². The molecule has 0 heterocycles. The van der Waals surface area contributed by atoms with E-state index in [0.717, 1.165) is 0 Å². The lowest BCUT2D eigenvalue weighted by Crippen LogP contribution is -2.27. The minimum atomic E-state index is -0.963. The summed E-state index contributed by atoms with van der Waals surface area (Å²) >= 11 is 0. The van der Waals surface area contributed by atoms with Gasteiger partial charge in [0.25, 0.3) is 0 Å². The Kier molecular flexibility index (Phi) is 75.8. The van der Waals surface area contributed by atoms with Crippen molar-refractivity contribution >= 4 is 36.6 Å². The molecule has 0 aliphatic carbocycles. The molecular formula is C30H78N12O12. The van der Waals surface area contributed by atoms with Crippen LogP contribution in [0.25, 0.3) is 0 Å². The zero-order valence-corrected chi connectivity index (χ0v) is 34.3. The molecule has 0 atom stereocenters. The molecule has 330 valence electrons. The molecule has 0 aromatic rings. The molecule has 0 aliphatic rings. The zero-order valence-electron chi connectivity index (χ0n) is 34.3. The summed E-state index contributed by atoms with van der Waals surface area (Å²) in [5, 5.41) is 61.2. The molecule has 0 spiro atoms. The summed E-state index contributed by atoms with van der Waals surface area (Å²) < 4.78 is 0. The summed E-state index contributed by atoms with van der Waals surface area (Å²) in [5.74, 6) is 0. The van der Waals surface area contributed by atoms with Crippen molar-refractivity contribution in [2.45, 2.75) is 119 Å². The van der Waals surface area contributed by atoms with Crippen LogP contribution >= 0.6 is 0 Å². The van der Waals surface area contributed by atoms with Crippen LogP contribution in [0.4, 0.5) is 28.8 Å². The average molecular weight is 799 g/mol. The van der Waals surface area contributed by atoms with Crippen LogP contribution in [0.15, 0.2) is 0 Å². The summed E-state index contributed by atoms with van der Waals surface area (Å²) in [6.45, 7) is 24.8. The number of amides is 6. The molecule has 0 saturated heterocycles. The van der Waals surface area contributed by atoms with Gasteiger partial charge in [0.1, 0.15) is 0 Å². The van der Waals surface area contributed by atoms with Gasteiger partial charge in [0, 0.05) is 75.5 Å². The highest BCUT2D eigenvalue weighted by Crippen LogP contribution is 1.76. The van der Waals surface area contributed by atoms with Crippen molar-refractivity contribution in [2.24, 2.45) is 34.4 Å². The first kappa shape index (κ1) is 70.9. The van der Waals surface area contributed by atoms with Crippen molar-refractivity contribution in [1.82, 2.24) is 31.9 Å². The number of nitrogens with two attached hydrogens (primary N) is 6. The van der Waals surface area contributed by atoms with Gasteiger partial charge in [0.15, 0.2) is 0 Å². The maximum atomic E-state index is 9.70. The van der Waals surface area contributed by atoms with E-state index in [1.54, 1.807) is 83.1 Å². The van der Waals surface area contributed by atoms with Gasteiger partial charge < -0.3 is 96.9 Å². The van der Waals surface area contributed by atoms with E-state index in [-0.39, 0.29) is 36.3 Å². The van der Waals surface area contributed by atoms with Gasteiger partial charge in [0.05, 0.1) is 0 Å². The third kappa shape index (κ3) is 203. The van der Waals surface area contributed by atoms with Crippen LogP contribution in [0.5, 0.6) is 0 Å². The van der Waals surface area contributed by atoms with E-state index < -0.39 is 36.6 Å². The van der Waals surface area contributed by atoms with E-state index in [0.29, 0.717) is 39.3 Å². The Hall–Kier alpha value is -4.62. The summed E-state index contributed by atoms with van der Waals surface area (Å²) in [6, 6.07) is 0.153. The second kappa shape index (κ2) is 57.7. The van der Waals surface area contributed by atoms with Crippen LogP contribution in [0.1, 0.15) is 83.1 Å². The first-order chi connectivity index (χ1) is 24.5. The quantitative estimate of drug-likeness (QED) is 0.152. The number of hydrogen-bond donors (Lipinski definition) is 18. The Morgan fingerprint density at radius 2 is 0.370 bits per heavy atom. The second-order valence-corrected chi connectivity index (χ2v) is 11.4. The van der Waals surface area contributed by atoms with Crippen LogP contribution < -0.4 is 66.3 Å². The normalized spacial score (nSPS) is 8.67. The highest BCUT2D eigenvalue weighted by molar-refractivity contribution is 5.66. The Morgan fingerprint density at radius 1 is 0.296 bits per heavy atom. The maximum absolute atomic E-state index is 9.70. The fourth-order valence-electron chi connectivity index (χ4n) is 1.48. The molecule has 24 heteroatoms. The summed E-state index contributed by atoms with van der Waals surface area (Å²) in [4.78, 5) is 58.2. The molecule has 24 N–H and O–H groups in total. The lowest BCUT2D eigenvalue weighted by Gasteiger charge is -2.00. The summed E-state index contributed by atoms with van der Waals surface area (Å²) in [7, 11) is 0. The minimum Gasteiger partial charge on any atom is -0.465 e. The van der Waals surface area contributed by atoms with E-state index in [1.165, 1.54) is 0 Å². The van der Waals surface area contributed by atoms with E-state index in [2.05, 4.69) is 31.9 Å². The fraction of sp³-hybridized carbons (Fsp3) is 0.800. The smallest absolute Gasteiger partial charge is 0.404 e. The average Bonchev–Trinajstić information content (AvgIpc) is 2.95. The van der Waals surface area contributed by atoms with Crippen LogP contribution in [-0.4, -0.2) is 143 Å². The third-order valence-electron chi connectivity index (χ3n) is 2.97. The van der Waals surface area contributed by atoms with Gasteiger partial charge >= 0.3 is 36.6 Å².